The second kappa shape index (κ2) is 15.1. The fourth-order valence-electron chi connectivity index (χ4n) is 3.40. The molecule has 2 unspecified atom stereocenters. The predicted octanol–water partition coefficient (Wildman–Crippen LogP) is 6.00. The number of rotatable bonds is 18. The Morgan fingerprint density at radius 1 is 0.889 bits per heavy atom. The van der Waals surface area contributed by atoms with Crippen LogP contribution in [0.5, 0.6) is 0 Å². The molecule has 27 heavy (non-hydrogen) atoms. The molecule has 0 aliphatic carbocycles. The quantitative estimate of drug-likeness (QED) is 0.166. The summed E-state index contributed by atoms with van der Waals surface area (Å²) < 4.78 is 32.1. The molecule has 0 aliphatic heterocycles. The molecule has 0 radical (unpaired) electrons. The van der Waals surface area contributed by atoms with Gasteiger partial charge in [-0.25, -0.2) is 4.79 Å². The average Bonchev–Trinajstić information content (AvgIpc) is 2.59. The van der Waals surface area contributed by atoms with Gasteiger partial charge in [-0.15, -0.1) is 0 Å². The van der Waals surface area contributed by atoms with E-state index in [4.69, 9.17) is 5.11 Å². The van der Waals surface area contributed by atoms with E-state index in [1.54, 1.807) is 0 Å². The van der Waals surface area contributed by atoms with Crippen molar-refractivity contribution in [1.29, 1.82) is 0 Å². The first-order valence-corrected chi connectivity index (χ1v) is 12.1. The smallest absolute Gasteiger partial charge is 0.330 e. The second-order valence-corrected chi connectivity index (χ2v) is 9.54. The topological polar surface area (TPSA) is 91.7 Å². The molecule has 2 atom stereocenters. The van der Waals surface area contributed by atoms with Gasteiger partial charge in [0.15, 0.2) is 0 Å². The number of aliphatic carboxylic acids is 1. The second-order valence-electron chi connectivity index (χ2n) is 7.77. The number of hydrogen-bond acceptors (Lipinski definition) is 3. The maximum absolute atomic E-state index is 11.4. The van der Waals surface area contributed by atoms with Crippen molar-refractivity contribution in [3.8, 4) is 0 Å². The molecule has 0 heterocycles. The van der Waals surface area contributed by atoms with Crippen molar-refractivity contribution in [1.82, 2.24) is 0 Å². The summed E-state index contributed by atoms with van der Waals surface area (Å²) in [6.45, 7) is 7.16. The number of hydrogen-bond donors (Lipinski definition) is 2. The molecular weight excluding hydrogens is 364 g/mol. The average molecular weight is 405 g/mol. The van der Waals surface area contributed by atoms with E-state index in [0.29, 0.717) is 6.42 Å². The Morgan fingerprint density at radius 3 is 1.67 bits per heavy atom. The molecule has 0 saturated carbocycles. The van der Waals surface area contributed by atoms with Gasteiger partial charge in [0, 0.05) is 5.57 Å². The van der Waals surface area contributed by atoms with E-state index in [-0.39, 0.29) is 12.0 Å². The zero-order chi connectivity index (χ0) is 20.7. The summed E-state index contributed by atoms with van der Waals surface area (Å²) in [5.41, 5.74) is -0.00515. The molecule has 0 bridgehead atoms. The van der Waals surface area contributed by atoms with E-state index in [0.717, 1.165) is 19.3 Å². The van der Waals surface area contributed by atoms with Crippen molar-refractivity contribution < 1.29 is 22.9 Å². The molecule has 0 amide bonds. The Balaban J connectivity index is 3.96. The Bertz CT molecular complexity index is 513. The zero-order valence-electron chi connectivity index (χ0n) is 17.3. The number of carbonyl (C=O) groups is 1. The van der Waals surface area contributed by atoms with Gasteiger partial charge in [0.05, 0.1) is 5.25 Å². The van der Waals surface area contributed by atoms with E-state index < -0.39 is 27.3 Å². The fraction of sp³-hybridized carbons (Fsp3) is 0.857. The summed E-state index contributed by atoms with van der Waals surface area (Å²) in [6, 6.07) is 0. The third kappa shape index (κ3) is 13.9. The molecule has 160 valence electrons. The first kappa shape index (κ1) is 26.1. The van der Waals surface area contributed by atoms with Gasteiger partial charge in [0.1, 0.15) is 0 Å². The maximum atomic E-state index is 11.4. The highest BCUT2D eigenvalue weighted by Gasteiger charge is 2.28. The number of carboxylic acid groups (broad SMARTS) is 1. The van der Waals surface area contributed by atoms with Crippen molar-refractivity contribution >= 4 is 16.1 Å². The predicted molar refractivity (Wildman–Crippen MR) is 112 cm³/mol. The van der Waals surface area contributed by atoms with Crippen LogP contribution in [0.25, 0.3) is 0 Å². The minimum Gasteiger partial charge on any atom is -0.478 e. The van der Waals surface area contributed by atoms with E-state index >= 15 is 0 Å². The minimum atomic E-state index is -4.17. The molecule has 0 rings (SSSR count). The SMILES string of the molecule is C=C(CC(CCCCCCCCCCCCCC)C(C)S(=O)(=O)O)C(=O)O. The van der Waals surface area contributed by atoms with Crippen LogP contribution in [-0.2, 0) is 14.9 Å². The van der Waals surface area contributed by atoms with Crippen LogP contribution in [0.4, 0.5) is 0 Å². The molecule has 0 saturated heterocycles. The first-order valence-electron chi connectivity index (χ1n) is 10.6. The van der Waals surface area contributed by atoms with Crippen LogP contribution in [-0.4, -0.2) is 29.3 Å². The molecule has 0 fully saturated rings. The Hall–Kier alpha value is -0.880. The molecular formula is C21H40O5S. The molecule has 2 N–H and O–H groups in total. The van der Waals surface area contributed by atoms with Crippen LogP contribution >= 0.6 is 0 Å². The van der Waals surface area contributed by atoms with Crippen molar-refractivity contribution in [2.75, 3.05) is 0 Å². The maximum Gasteiger partial charge on any atom is 0.330 e. The normalized spacial score (nSPS) is 14.0. The van der Waals surface area contributed by atoms with Gasteiger partial charge < -0.3 is 5.11 Å². The van der Waals surface area contributed by atoms with Gasteiger partial charge in [0.2, 0.25) is 0 Å². The largest absolute Gasteiger partial charge is 0.478 e. The van der Waals surface area contributed by atoms with E-state index in [9.17, 15) is 17.8 Å². The van der Waals surface area contributed by atoms with Crippen LogP contribution in [0.3, 0.4) is 0 Å². The highest BCUT2D eigenvalue weighted by atomic mass is 32.2. The van der Waals surface area contributed by atoms with Crippen LogP contribution in [0.15, 0.2) is 12.2 Å². The summed E-state index contributed by atoms with van der Waals surface area (Å²) in [7, 11) is -4.17. The lowest BCUT2D eigenvalue weighted by Gasteiger charge is -2.21. The summed E-state index contributed by atoms with van der Waals surface area (Å²) in [5.74, 6) is -1.52. The summed E-state index contributed by atoms with van der Waals surface area (Å²) in [6.07, 6.45) is 15.3. The van der Waals surface area contributed by atoms with Crippen LogP contribution in [0, 0.1) is 5.92 Å². The van der Waals surface area contributed by atoms with E-state index in [2.05, 4.69) is 13.5 Å². The van der Waals surface area contributed by atoms with Gasteiger partial charge in [-0.2, -0.15) is 8.42 Å². The first-order chi connectivity index (χ1) is 12.7. The lowest BCUT2D eigenvalue weighted by atomic mass is 9.91. The Morgan fingerprint density at radius 2 is 1.30 bits per heavy atom. The minimum absolute atomic E-state index is 0.00515. The lowest BCUT2D eigenvalue weighted by Crippen LogP contribution is -2.27. The summed E-state index contributed by atoms with van der Waals surface area (Å²) in [5, 5.41) is 8.01. The van der Waals surface area contributed by atoms with Crippen LogP contribution in [0.1, 0.15) is 104 Å². The molecule has 5 nitrogen and oxygen atoms in total. The number of carboxylic acids is 1. The molecule has 0 spiro atoms. The van der Waals surface area contributed by atoms with Crippen LogP contribution < -0.4 is 0 Å². The van der Waals surface area contributed by atoms with Crippen molar-refractivity contribution in [3.05, 3.63) is 12.2 Å². The molecule has 0 aromatic rings. The van der Waals surface area contributed by atoms with E-state index in [1.165, 1.54) is 64.7 Å². The van der Waals surface area contributed by atoms with Crippen molar-refractivity contribution in [2.45, 2.75) is 109 Å². The lowest BCUT2D eigenvalue weighted by molar-refractivity contribution is -0.132. The molecule has 0 aromatic carbocycles. The summed E-state index contributed by atoms with van der Waals surface area (Å²) in [4.78, 5) is 11.0. The van der Waals surface area contributed by atoms with E-state index in [1.807, 2.05) is 0 Å². The van der Waals surface area contributed by atoms with Crippen LogP contribution in [0.2, 0.25) is 0 Å². The monoisotopic (exact) mass is 404 g/mol. The Labute approximate surface area is 166 Å². The number of unbranched alkanes of at least 4 members (excludes halogenated alkanes) is 11. The molecule has 0 aliphatic rings. The van der Waals surface area contributed by atoms with Gasteiger partial charge in [-0.05, 0) is 25.7 Å². The molecule has 6 heteroatoms. The molecule has 0 aromatic heterocycles. The van der Waals surface area contributed by atoms with Gasteiger partial charge in [0.25, 0.3) is 10.1 Å². The highest BCUT2D eigenvalue weighted by Crippen LogP contribution is 2.26. The fourth-order valence-corrected chi connectivity index (χ4v) is 4.12. The van der Waals surface area contributed by atoms with Crippen molar-refractivity contribution in [3.63, 3.8) is 0 Å². The zero-order valence-corrected chi connectivity index (χ0v) is 18.1. The standard InChI is InChI=1S/C21H40O5S/c1-4-5-6-7-8-9-10-11-12-13-14-15-16-20(17-18(2)21(22)23)19(3)27(24,25)26/h19-20H,2,4-17H2,1,3H3,(H,22,23)(H,24,25,26). The Kier molecular flexibility index (Phi) is 14.6. The van der Waals surface area contributed by atoms with Gasteiger partial charge in [-0.1, -0.05) is 90.6 Å². The highest BCUT2D eigenvalue weighted by molar-refractivity contribution is 7.86. The third-order valence-electron chi connectivity index (χ3n) is 5.37. The van der Waals surface area contributed by atoms with Crippen molar-refractivity contribution in [2.24, 2.45) is 5.92 Å². The van der Waals surface area contributed by atoms with Gasteiger partial charge >= 0.3 is 5.97 Å². The third-order valence-corrected chi connectivity index (χ3v) is 6.70. The summed E-state index contributed by atoms with van der Waals surface area (Å²) >= 11 is 0. The van der Waals surface area contributed by atoms with Gasteiger partial charge in [-0.3, -0.25) is 4.55 Å².